The van der Waals surface area contributed by atoms with Crippen LogP contribution in [0, 0.1) is 0 Å². The van der Waals surface area contributed by atoms with E-state index in [0.29, 0.717) is 17.1 Å². The molecule has 10 nitrogen and oxygen atoms in total. The Bertz CT molecular complexity index is 1070. The lowest BCUT2D eigenvalue weighted by Gasteiger charge is -2.11. The summed E-state index contributed by atoms with van der Waals surface area (Å²) >= 11 is 0.777. The van der Waals surface area contributed by atoms with Crippen LogP contribution < -0.4 is 15.2 Å². The number of nitrogens with zero attached hydrogens (tertiary/aromatic N) is 1. The van der Waals surface area contributed by atoms with Crippen molar-refractivity contribution in [1.82, 2.24) is 4.90 Å². The van der Waals surface area contributed by atoms with Crippen molar-refractivity contribution in [1.29, 1.82) is 0 Å². The van der Waals surface area contributed by atoms with Gasteiger partial charge in [-0.3, -0.25) is 19.3 Å². The number of carbonyl (C=O) groups excluding carboxylic acids is 4. The number of imide groups is 1. The van der Waals surface area contributed by atoms with E-state index in [0.717, 1.165) is 16.7 Å². The summed E-state index contributed by atoms with van der Waals surface area (Å²) in [5.74, 6) is -0.898. The largest absolute Gasteiger partial charge is 0.493 e. The summed E-state index contributed by atoms with van der Waals surface area (Å²) in [5, 5.41) is -0.472. The average Bonchev–Trinajstić information content (AvgIpc) is 3.32. The minimum absolute atomic E-state index is 0.0225. The molecule has 0 saturated carbocycles. The summed E-state index contributed by atoms with van der Waals surface area (Å²) < 4.78 is 20.4. The van der Waals surface area contributed by atoms with E-state index in [1.807, 2.05) is 0 Å². The highest BCUT2D eigenvalue weighted by Gasteiger charge is 2.35. The highest BCUT2D eigenvalue weighted by Crippen LogP contribution is 2.35. The van der Waals surface area contributed by atoms with Crippen molar-refractivity contribution in [2.24, 2.45) is 5.73 Å². The Labute approximate surface area is 180 Å². The van der Waals surface area contributed by atoms with E-state index in [2.05, 4.69) is 4.74 Å². The predicted octanol–water partition coefficient (Wildman–Crippen LogP) is 2.18. The number of primary amides is 1. The minimum atomic E-state index is -0.655. The first kappa shape index (κ1) is 22.0. The zero-order valence-electron chi connectivity index (χ0n) is 16.6. The Kier molecular flexibility index (Phi) is 6.65. The van der Waals surface area contributed by atoms with E-state index in [1.165, 1.54) is 32.4 Å². The smallest absolute Gasteiger partial charge is 0.373 e. The number of nitrogens with two attached hydrogens (primary N) is 1. The number of furan rings is 1. The SMILES string of the molecule is COC(=O)c1ccc(CN2C(=O)SC(=Cc3ccc(OCC(N)=O)c(OC)c3)C2=O)o1. The maximum absolute atomic E-state index is 12.7. The molecule has 11 heteroatoms. The van der Waals surface area contributed by atoms with Gasteiger partial charge in [0.05, 0.1) is 25.7 Å². The molecule has 1 aliphatic rings. The van der Waals surface area contributed by atoms with E-state index in [4.69, 9.17) is 19.6 Å². The third-order valence-electron chi connectivity index (χ3n) is 4.09. The fourth-order valence-corrected chi connectivity index (χ4v) is 3.50. The molecular weight excluding hydrogens is 428 g/mol. The van der Waals surface area contributed by atoms with Crippen LogP contribution in [0.4, 0.5) is 4.79 Å². The molecular formula is C20H18N2O8S. The predicted molar refractivity (Wildman–Crippen MR) is 109 cm³/mol. The summed E-state index contributed by atoms with van der Waals surface area (Å²) in [7, 11) is 2.65. The molecule has 0 spiro atoms. The van der Waals surface area contributed by atoms with Crippen LogP contribution in [-0.2, 0) is 20.9 Å². The summed E-state index contributed by atoms with van der Waals surface area (Å²) in [6.07, 6.45) is 1.54. The Hall–Kier alpha value is -3.73. The molecule has 2 aromatic rings. The van der Waals surface area contributed by atoms with Gasteiger partial charge in [0.1, 0.15) is 5.76 Å². The Morgan fingerprint density at radius 3 is 2.61 bits per heavy atom. The molecule has 0 radical (unpaired) electrons. The Balaban J connectivity index is 1.76. The second-order valence-corrected chi connectivity index (χ2v) is 7.18. The number of rotatable bonds is 8. The number of thioether (sulfide) groups is 1. The molecule has 3 amide bonds. The van der Waals surface area contributed by atoms with E-state index < -0.39 is 23.0 Å². The van der Waals surface area contributed by atoms with Gasteiger partial charge in [-0.1, -0.05) is 6.07 Å². The lowest BCUT2D eigenvalue weighted by molar-refractivity contribution is -0.123. The fourth-order valence-electron chi connectivity index (χ4n) is 2.66. The number of carbonyl (C=O) groups is 4. The molecule has 3 rings (SSSR count). The summed E-state index contributed by atoms with van der Waals surface area (Å²) in [4.78, 5) is 48.6. The van der Waals surface area contributed by atoms with Gasteiger partial charge in [0.15, 0.2) is 18.1 Å². The van der Waals surface area contributed by atoms with E-state index >= 15 is 0 Å². The summed E-state index contributed by atoms with van der Waals surface area (Å²) in [5.41, 5.74) is 5.65. The average molecular weight is 446 g/mol. The third kappa shape index (κ3) is 5.07. The number of ether oxygens (including phenoxy) is 3. The van der Waals surface area contributed by atoms with Gasteiger partial charge in [-0.25, -0.2) is 4.79 Å². The molecule has 31 heavy (non-hydrogen) atoms. The molecule has 1 saturated heterocycles. The van der Waals surface area contributed by atoms with Crippen molar-refractivity contribution in [2.75, 3.05) is 20.8 Å². The van der Waals surface area contributed by atoms with Crippen molar-refractivity contribution in [3.8, 4) is 11.5 Å². The van der Waals surface area contributed by atoms with Gasteiger partial charge in [0.2, 0.25) is 5.76 Å². The van der Waals surface area contributed by atoms with Gasteiger partial charge in [0, 0.05) is 0 Å². The van der Waals surface area contributed by atoms with Crippen molar-refractivity contribution < 1.29 is 37.8 Å². The van der Waals surface area contributed by atoms with Crippen molar-refractivity contribution in [3.05, 3.63) is 52.3 Å². The van der Waals surface area contributed by atoms with Crippen LogP contribution in [0.2, 0.25) is 0 Å². The minimum Gasteiger partial charge on any atom is -0.493 e. The van der Waals surface area contributed by atoms with Crippen molar-refractivity contribution >= 4 is 40.9 Å². The van der Waals surface area contributed by atoms with E-state index in [9.17, 15) is 19.2 Å². The summed E-state index contributed by atoms with van der Waals surface area (Å²) in [6, 6.07) is 7.70. The molecule has 0 unspecified atom stereocenters. The van der Waals surface area contributed by atoms with Gasteiger partial charge in [-0.15, -0.1) is 0 Å². The number of amides is 3. The Morgan fingerprint density at radius 1 is 1.16 bits per heavy atom. The van der Waals surface area contributed by atoms with Gasteiger partial charge >= 0.3 is 5.97 Å². The van der Waals surface area contributed by atoms with Crippen LogP contribution >= 0.6 is 11.8 Å². The number of benzene rings is 1. The normalized spacial score (nSPS) is 14.8. The molecule has 0 aliphatic carbocycles. The molecule has 162 valence electrons. The highest BCUT2D eigenvalue weighted by atomic mass is 32.2. The van der Waals surface area contributed by atoms with Gasteiger partial charge in [0.25, 0.3) is 17.1 Å². The van der Waals surface area contributed by atoms with E-state index in [-0.39, 0.29) is 29.6 Å². The molecule has 2 heterocycles. The molecule has 1 fully saturated rings. The first-order valence-corrected chi connectivity index (χ1v) is 9.65. The maximum Gasteiger partial charge on any atom is 0.373 e. The molecule has 0 atom stereocenters. The summed E-state index contributed by atoms with van der Waals surface area (Å²) in [6.45, 7) is -0.429. The lowest BCUT2D eigenvalue weighted by atomic mass is 10.2. The first-order valence-electron chi connectivity index (χ1n) is 8.84. The second-order valence-electron chi connectivity index (χ2n) is 6.19. The van der Waals surface area contributed by atoms with Gasteiger partial charge < -0.3 is 24.4 Å². The first-order chi connectivity index (χ1) is 14.8. The number of methoxy groups -OCH3 is 2. The standard InChI is InChI=1S/C20H18N2O8S/c1-27-15-7-11(3-5-13(15)29-10-17(21)23)8-16-18(24)22(20(26)31-16)9-12-4-6-14(30-12)19(25)28-2/h3-8H,9-10H2,1-2H3,(H2,21,23). The van der Waals surface area contributed by atoms with E-state index in [1.54, 1.807) is 18.2 Å². The fraction of sp³-hybridized carbons (Fsp3) is 0.200. The molecule has 1 aromatic carbocycles. The van der Waals surface area contributed by atoms with Crippen LogP contribution in [0.1, 0.15) is 21.9 Å². The Morgan fingerprint density at radius 2 is 1.94 bits per heavy atom. The number of esters is 1. The second kappa shape index (κ2) is 9.39. The van der Waals surface area contributed by atoms with Crippen molar-refractivity contribution in [3.63, 3.8) is 0 Å². The maximum atomic E-state index is 12.7. The van der Waals surface area contributed by atoms with Gasteiger partial charge in [-0.2, -0.15) is 0 Å². The van der Waals surface area contributed by atoms with Gasteiger partial charge in [-0.05, 0) is 47.7 Å². The van der Waals surface area contributed by atoms with Crippen LogP contribution in [-0.4, -0.2) is 48.7 Å². The molecule has 1 aromatic heterocycles. The topological polar surface area (TPSA) is 138 Å². The van der Waals surface area contributed by atoms with Crippen LogP contribution in [0.3, 0.4) is 0 Å². The van der Waals surface area contributed by atoms with Crippen LogP contribution in [0.5, 0.6) is 11.5 Å². The number of hydrogen-bond acceptors (Lipinski definition) is 9. The monoisotopic (exact) mass is 446 g/mol. The number of hydrogen-bond donors (Lipinski definition) is 1. The molecule has 0 bridgehead atoms. The zero-order chi connectivity index (χ0) is 22.5. The zero-order valence-corrected chi connectivity index (χ0v) is 17.4. The van der Waals surface area contributed by atoms with Crippen LogP contribution in [0.15, 0.2) is 39.7 Å². The molecule has 1 aliphatic heterocycles. The molecule has 2 N–H and O–H groups in total. The van der Waals surface area contributed by atoms with Crippen LogP contribution in [0.25, 0.3) is 6.08 Å². The highest BCUT2D eigenvalue weighted by molar-refractivity contribution is 8.18. The third-order valence-corrected chi connectivity index (χ3v) is 5.00. The quantitative estimate of drug-likeness (QED) is 0.477. The van der Waals surface area contributed by atoms with Crippen molar-refractivity contribution in [2.45, 2.75) is 6.54 Å². The lowest BCUT2D eigenvalue weighted by Crippen LogP contribution is -2.27.